The molecule has 0 radical (unpaired) electrons. The Bertz CT molecular complexity index is 934. The SMILES string of the molecule is COC(=O)[C@@H]1Cc2ccccc2CN1CC(=O)Nc1cc(Cl)ccc1[N+](=O)[O-]. The van der Waals surface area contributed by atoms with Crippen LogP contribution in [0.4, 0.5) is 11.4 Å². The molecular formula is C19H18ClN3O5. The molecule has 1 heterocycles. The van der Waals surface area contributed by atoms with Crippen molar-refractivity contribution >= 4 is 34.9 Å². The molecule has 2 aromatic carbocycles. The molecule has 0 bridgehead atoms. The maximum Gasteiger partial charge on any atom is 0.323 e. The molecule has 9 heteroatoms. The van der Waals surface area contributed by atoms with E-state index in [4.69, 9.17) is 16.3 Å². The zero-order valence-corrected chi connectivity index (χ0v) is 15.8. The molecule has 1 aliphatic heterocycles. The van der Waals surface area contributed by atoms with E-state index in [1.165, 1.54) is 25.3 Å². The predicted molar refractivity (Wildman–Crippen MR) is 103 cm³/mol. The van der Waals surface area contributed by atoms with Crippen LogP contribution in [0.1, 0.15) is 11.1 Å². The third-order valence-corrected chi connectivity index (χ3v) is 4.83. The summed E-state index contributed by atoms with van der Waals surface area (Å²) in [4.78, 5) is 37.0. The van der Waals surface area contributed by atoms with Crippen molar-refractivity contribution in [1.29, 1.82) is 0 Å². The van der Waals surface area contributed by atoms with Gasteiger partial charge in [-0.3, -0.25) is 24.6 Å². The lowest BCUT2D eigenvalue weighted by Crippen LogP contribution is -2.49. The average molecular weight is 404 g/mol. The van der Waals surface area contributed by atoms with Crippen LogP contribution in [0, 0.1) is 10.1 Å². The lowest BCUT2D eigenvalue weighted by Gasteiger charge is -2.34. The highest BCUT2D eigenvalue weighted by Crippen LogP contribution is 2.28. The molecule has 146 valence electrons. The molecule has 0 unspecified atom stereocenters. The van der Waals surface area contributed by atoms with E-state index in [0.717, 1.165) is 11.1 Å². The second-order valence-corrected chi connectivity index (χ2v) is 6.82. The number of fused-ring (bicyclic) bond motifs is 1. The normalized spacial score (nSPS) is 16.1. The van der Waals surface area contributed by atoms with Gasteiger partial charge in [0.1, 0.15) is 11.7 Å². The number of methoxy groups -OCH3 is 1. The minimum absolute atomic E-state index is 0.00882. The highest BCUT2D eigenvalue weighted by molar-refractivity contribution is 6.31. The fraction of sp³-hybridized carbons (Fsp3) is 0.263. The quantitative estimate of drug-likeness (QED) is 0.468. The Morgan fingerprint density at radius 1 is 1.29 bits per heavy atom. The third kappa shape index (κ3) is 4.29. The van der Waals surface area contributed by atoms with Gasteiger partial charge in [-0.1, -0.05) is 35.9 Å². The zero-order valence-electron chi connectivity index (χ0n) is 15.1. The van der Waals surface area contributed by atoms with Crippen molar-refractivity contribution in [1.82, 2.24) is 4.90 Å². The van der Waals surface area contributed by atoms with Crippen LogP contribution in [0.3, 0.4) is 0 Å². The maximum absolute atomic E-state index is 12.6. The fourth-order valence-electron chi connectivity index (χ4n) is 3.25. The molecule has 1 N–H and O–H groups in total. The van der Waals surface area contributed by atoms with E-state index in [9.17, 15) is 19.7 Å². The number of halogens is 1. The second kappa shape index (κ2) is 8.37. The van der Waals surface area contributed by atoms with Crippen LogP contribution in [0.5, 0.6) is 0 Å². The van der Waals surface area contributed by atoms with Gasteiger partial charge in [0.25, 0.3) is 5.69 Å². The first kappa shape index (κ1) is 19.8. The number of rotatable bonds is 5. The number of hydrogen-bond acceptors (Lipinski definition) is 6. The molecule has 0 aromatic heterocycles. The van der Waals surface area contributed by atoms with Gasteiger partial charge in [0.2, 0.25) is 5.91 Å². The summed E-state index contributed by atoms with van der Waals surface area (Å²) in [5.74, 6) is -0.922. The number of nitrogens with zero attached hydrogens (tertiary/aromatic N) is 2. The Hall–Kier alpha value is -2.97. The maximum atomic E-state index is 12.6. The molecule has 1 amide bonds. The van der Waals surface area contributed by atoms with Crippen molar-refractivity contribution in [2.45, 2.75) is 19.0 Å². The number of nitrogens with one attached hydrogen (secondary N) is 1. The average Bonchev–Trinajstić information content (AvgIpc) is 2.66. The van der Waals surface area contributed by atoms with Crippen LogP contribution in [-0.2, 0) is 27.3 Å². The molecular weight excluding hydrogens is 386 g/mol. The smallest absolute Gasteiger partial charge is 0.323 e. The molecule has 28 heavy (non-hydrogen) atoms. The number of carbonyl (C=O) groups excluding carboxylic acids is 2. The van der Waals surface area contributed by atoms with E-state index in [0.29, 0.717) is 13.0 Å². The van der Waals surface area contributed by atoms with Crippen LogP contribution in [0.2, 0.25) is 5.02 Å². The summed E-state index contributed by atoms with van der Waals surface area (Å²) in [6, 6.07) is 11.0. The van der Waals surface area contributed by atoms with Crippen molar-refractivity contribution in [3.8, 4) is 0 Å². The third-order valence-electron chi connectivity index (χ3n) is 4.60. The Balaban J connectivity index is 1.79. The van der Waals surface area contributed by atoms with Gasteiger partial charge >= 0.3 is 5.97 Å². The Morgan fingerprint density at radius 2 is 2.00 bits per heavy atom. The van der Waals surface area contributed by atoms with Gasteiger partial charge in [-0.2, -0.15) is 0 Å². The Labute approximate surface area is 166 Å². The Morgan fingerprint density at radius 3 is 2.68 bits per heavy atom. The second-order valence-electron chi connectivity index (χ2n) is 6.38. The van der Waals surface area contributed by atoms with Crippen molar-refractivity contribution in [3.05, 3.63) is 68.7 Å². The van der Waals surface area contributed by atoms with E-state index in [1.54, 1.807) is 4.90 Å². The minimum Gasteiger partial charge on any atom is -0.468 e. The number of anilines is 1. The monoisotopic (exact) mass is 403 g/mol. The first-order valence-electron chi connectivity index (χ1n) is 8.51. The van der Waals surface area contributed by atoms with Crippen molar-refractivity contribution in [2.24, 2.45) is 0 Å². The van der Waals surface area contributed by atoms with Gasteiger partial charge in [0, 0.05) is 17.6 Å². The lowest BCUT2D eigenvalue weighted by molar-refractivity contribution is -0.383. The van der Waals surface area contributed by atoms with Gasteiger partial charge in [-0.15, -0.1) is 0 Å². The van der Waals surface area contributed by atoms with E-state index in [2.05, 4.69) is 5.32 Å². The number of ether oxygens (including phenoxy) is 1. The molecule has 3 rings (SSSR count). The first-order chi connectivity index (χ1) is 13.4. The van der Waals surface area contributed by atoms with Gasteiger partial charge in [-0.25, -0.2) is 0 Å². The van der Waals surface area contributed by atoms with E-state index >= 15 is 0 Å². The highest BCUT2D eigenvalue weighted by atomic mass is 35.5. The van der Waals surface area contributed by atoms with Gasteiger partial charge < -0.3 is 10.1 Å². The number of nitro groups is 1. The molecule has 0 fully saturated rings. The van der Waals surface area contributed by atoms with Crippen LogP contribution in [-0.4, -0.2) is 41.4 Å². The molecule has 0 saturated heterocycles. The number of nitro benzene ring substituents is 1. The molecule has 2 aromatic rings. The summed E-state index contributed by atoms with van der Waals surface area (Å²) in [7, 11) is 1.30. The van der Waals surface area contributed by atoms with Crippen LogP contribution in [0.15, 0.2) is 42.5 Å². The number of carbonyl (C=O) groups is 2. The first-order valence-corrected chi connectivity index (χ1v) is 8.89. The number of hydrogen-bond donors (Lipinski definition) is 1. The topological polar surface area (TPSA) is 102 Å². The summed E-state index contributed by atoms with van der Waals surface area (Å²) >= 11 is 5.89. The molecule has 8 nitrogen and oxygen atoms in total. The number of benzene rings is 2. The molecule has 0 saturated carbocycles. The van der Waals surface area contributed by atoms with Crippen molar-refractivity contribution in [3.63, 3.8) is 0 Å². The lowest BCUT2D eigenvalue weighted by atomic mass is 9.94. The number of amides is 1. The summed E-state index contributed by atoms with van der Waals surface area (Å²) in [6.07, 6.45) is 0.424. The van der Waals surface area contributed by atoms with Crippen LogP contribution < -0.4 is 5.32 Å². The molecule has 0 aliphatic carbocycles. The van der Waals surface area contributed by atoms with E-state index < -0.39 is 22.8 Å². The summed E-state index contributed by atoms with van der Waals surface area (Å²) in [6.45, 7) is 0.263. The predicted octanol–water partition coefficient (Wildman–Crippen LogP) is 2.79. The molecule has 0 spiro atoms. The minimum atomic E-state index is -0.611. The number of esters is 1. The zero-order chi connectivity index (χ0) is 20.3. The van der Waals surface area contributed by atoms with Crippen molar-refractivity contribution < 1.29 is 19.2 Å². The van der Waals surface area contributed by atoms with E-state index in [1.807, 2.05) is 24.3 Å². The largest absolute Gasteiger partial charge is 0.468 e. The fourth-order valence-corrected chi connectivity index (χ4v) is 3.43. The molecule has 1 atom stereocenters. The summed E-state index contributed by atoms with van der Waals surface area (Å²) in [5, 5.41) is 13.9. The summed E-state index contributed by atoms with van der Waals surface area (Å²) in [5.41, 5.74) is 1.80. The van der Waals surface area contributed by atoms with Crippen LogP contribution >= 0.6 is 11.6 Å². The van der Waals surface area contributed by atoms with Gasteiger partial charge in [0.05, 0.1) is 18.6 Å². The highest BCUT2D eigenvalue weighted by Gasteiger charge is 2.33. The Kier molecular flexibility index (Phi) is 5.91. The van der Waals surface area contributed by atoms with Gasteiger partial charge in [-0.05, 0) is 29.7 Å². The van der Waals surface area contributed by atoms with Gasteiger partial charge in [0.15, 0.2) is 0 Å². The van der Waals surface area contributed by atoms with Crippen LogP contribution in [0.25, 0.3) is 0 Å². The van der Waals surface area contributed by atoms with Crippen molar-refractivity contribution in [2.75, 3.05) is 19.0 Å². The molecule has 1 aliphatic rings. The summed E-state index contributed by atoms with van der Waals surface area (Å²) < 4.78 is 4.88. The van der Waals surface area contributed by atoms with E-state index in [-0.39, 0.29) is 22.9 Å². The standard InChI is InChI=1S/C19H18ClN3O5/c1-28-19(25)17-8-12-4-2-3-5-13(12)10-22(17)11-18(24)21-15-9-14(20)6-7-16(15)23(26)27/h2-7,9,17H,8,10-11H2,1H3,(H,21,24)/t17-/m0/s1.